The van der Waals surface area contributed by atoms with Crippen molar-refractivity contribution in [3.05, 3.63) is 82.6 Å². The lowest BCUT2D eigenvalue weighted by atomic mass is 9.94. The zero-order valence-corrected chi connectivity index (χ0v) is 19.1. The number of hydrogen-bond acceptors (Lipinski definition) is 3. The zero-order chi connectivity index (χ0) is 23.9. The molecule has 1 amide bonds. The maximum absolute atomic E-state index is 14.1. The number of amidine groups is 1. The van der Waals surface area contributed by atoms with Gasteiger partial charge < -0.3 is 10.2 Å². The molecule has 2 saturated carbocycles. The van der Waals surface area contributed by atoms with Gasteiger partial charge in [-0.1, -0.05) is 30.3 Å². The van der Waals surface area contributed by atoms with E-state index in [-0.39, 0.29) is 35.3 Å². The lowest BCUT2D eigenvalue weighted by Gasteiger charge is -2.29. The van der Waals surface area contributed by atoms with Crippen molar-refractivity contribution in [2.45, 2.75) is 37.0 Å². The molecule has 34 heavy (non-hydrogen) atoms. The summed E-state index contributed by atoms with van der Waals surface area (Å²) in [6.45, 7) is 0.630. The van der Waals surface area contributed by atoms with Crippen molar-refractivity contribution < 1.29 is 18.4 Å². The fourth-order valence-electron chi connectivity index (χ4n) is 5.12. The summed E-state index contributed by atoms with van der Waals surface area (Å²) in [5.74, 6) is -0.968. The highest BCUT2D eigenvalue weighted by Crippen LogP contribution is 2.50. The minimum atomic E-state index is -0.509. The minimum absolute atomic E-state index is 0.118. The van der Waals surface area contributed by atoms with E-state index in [0.29, 0.717) is 30.7 Å². The van der Waals surface area contributed by atoms with Crippen molar-refractivity contribution in [3.8, 4) is 0 Å². The number of nitrogens with one attached hydrogen (secondary N) is 1. The molecule has 0 saturated heterocycles. The van der Waals surface area contributed by atoms with Crippen molar-refractivity contribution in [1.82, 2.24) is 10.2 Å². The molecule has 0 aromatic heterocycles. The van der Waals surface area contributed by atoms with Crippen LogP contribution in [0.2, 0.25) is 0 Å². The van der Waals surface area contributed by atoms with Gasteiger partial charge in [0.2, 0.25) is 5.91 Å². The number of hydrogen-bond donors (Lipinski definition) is 1. The van der Waals surface area contributed by atoms with Crippen molar-refractivity contribution in [2.75, 3.05) is 20.1 Å². The van der Waals surface area contributed by atoms with Crippen molar-refractivity contribution in [2.24, 2.45) is 10.9 Å². The number of carbonyl (C=O) groups excluding carboxylic acids is 2. The Labute approximate surface area is 197 Å². The molecule has 2 aromatic carbocycles. The highest BCUT2D eigenvalue weighted by Gasteiger charge is 2.49. The summed E-state index contributed by atoms with van der Waals surface area (Å²) in [5, 5.41) is 3.24. The lowest BCUT2D eigenvalue weighted by Crippen LogP contribution is -2.39. The molecule has 176 valence electrons. The SMILES string of the molecule is CN/C(=N\C1=C(C=O)CN(C(=O)C2CC2c2cc(F)ccc2F)CC1)C1(c2ccccc2)CC1. The Balaban J connectivity index is 1.33. The smallest absolute Gasteiger partial charge is 0.226 e. The number of aliphatic imine (C=N–C) groups is 1. The van der Waals surface area contributed by atoms with Crippen LogP contribution in [0, 0.1) is 17.6 Å². The second-order valence-corrected chi connectivity index (χ2v) is 9.37. The van der Waals surface area contributed by atoms with Crippen LogP contribution in [-0.2, 0) is 15.0 Å². The average Bonchev–Trinajstić information content (AvgIpc) is 3.79. The van der Waals surface area contributed by atoms with Crippen LogP contribution in [0.4, 0.5) is 8.78 Å². The molecule has 2 unspecified atom stereocenters. The van der Waals surface area contributed by atoms with Gasteiger partial charge in [-0.05, 0) is 54.5 Å². The first-order valence-electron chi connectivity index (χ1n) is 11.7. The predicted octanol–water partition coefficient (Wildman–Crippen LogP) is 4.10. The van der Waals surface area contributed by atoms with Gasteiger partial charge in [-0.3, -0.25) is 9.59 Å². The number of aldehydes is 1. The second kappa shape index (κ2) is 8.78. The quantitative estimate of drug-likeness (QED) is 0.399. The van der Waals surface area contributed by atoms with Gasteiger partial charge >= 0.3 is 0 Å². The summed E-state index contributed by atoms with van der Waals surface area (Å²) >= 11 is 0. The van der Waals surface area contributed by atoms with Crippen LogP contribution in [0.25, 0.3) is 0 Å². The van der Waals surface area contributed by atoms with Gasteiger partial charge in [0.05, 0.1) is 17.7 Å². The highest BCUT2D eigenvalue weighted by molar-refractivity contribution is 5.97. The molecule has 7 heteroatoms. The van der Waals surface area contributed by atoms with Crippen LogP contribution in [0.5, 0.6) is 0 Å². The Hall–Kier alpha value is -3.35. The highest BCUT2D eigenvalue weighted by atomic mass is 19.1. The molecule has 3 aliphatic rings. The van der Waals surface area contributed by atoms with Crippen molar-refractivity contribution >= 4 is 18.0 Å². The molecular weight excluding hydrogens is 436 g/mol. The van der Waals surface area contributed by atoms with Gasteiger partial charge in [-0.25, -0.2) is 13.8 Å². The monoisotopic (exact) mass is 463 g/mol. The Morgan fingerprint density at radius 2 is 1.94 bits per heavy atom. The number of benzene rings is 2. The minimum Gasteiger partial charge on any atom is -0.376 e. The second-order valence-electron chi connectivity index (χ2n) is 9.37. The molecule has 0 bridgehead atoms. The van der Waals surface area contributed by atoms with Crippen LogP contribution in [0.3, 0.4) is 0 Å². The van der Waals surface area contributed by atoms with E-state index >= 15 is 0 Å². The Kier molecular flexibility index (Phi) is 5.80. The third-order valence-corrected chi connectivity index (χ3v) is 7.28. The van der Waals surface area contributed by atoms with E-state index in [0.717, 1.165) is 37.1 Å². The van der Waals surface area contributed by atoms with E-state index in [1.807, 2.05) is 25.2 Å². The summed E-state index contributed by atoms with van der Waals surface area (Å²) in [5.41, 5.74) is 2.49. The standard InChI is InChI=1S/C27H27F2N3O2/c1-30-26(27(10-11-27)18-5-3-2-4-6-18)31-24-9-12-32(15-17(24)16-33)25(34)22-14-20(22)21-13-19(28)7-8-23(21)29/h2-8,13,16,20,22H,9-12,14-15H2,1H3,(H,30,31). The fourth-order valence-corrected chi connectivity index (χ4v) is 5.12. The molecule has 2 atom stereocenters. The Morgan fingerprint density at radius 1 is 1.18 bits per heavy atom. The van der Waals surface area contributed by atoms with Crippen molar-refractivity contribution in [1.29, 1.82) is 0 Å². The van der Waals surface area contributed by atoms with Crippen LogP contribution >= 0.6 is 0 Å². The first kappa shape index (κ1) is 22.4. The maximum Gasteiger partial charge on any atom is 0.226 e. The third-order valence-electron chi connectivity index (χ3n) is 7.28. The molecule has 2 aliphatic carbocycles. The molecule has 1 N–H and O–H groups in total. The number of carbonyl (C=O) groups is 2. The molecule has 0 radical (unpaired) electrons. The molecule has 0 spiro atoms. The number of amides is 1. The zero-order valence-electron chi connectivity index (χ0n) is 19.1. The average molecular weight is 464 g/mol. The van der Waals surface area contributed by atoms with E-state index in [2.05, 4.69) is 17.4 Å². The molecule has 2 fully saturated rings. The van der Waals surface area contributed by atoms with Gasteiger partial charge in [-0.15, -0.1) is 0 Å². The largest absolute Gasteiger partial charge is 0.376 e. The van der Waals surface area contributed by atoms with E-state index in [1.165, 1.54) is 11.6 Å². The first-order chi connectivity index (χ1) is 16.5. The molecule has 1 aliphatic heterocycles. The molecular formula is C27H27F2N3O2. The molecule has 2 aromatic rings. The van der Waals surface area contributed by atoms with Crippen molar-refractivity contribution in [3.63, 3.8) is 0 Å². The third kappa shape index (κ3) is 4.04. The van der Waals surface area contributed by atoms with Gasteiger partial charge in [0.25, 0.3) is 0 Å². The summed E-state index contributed by atoms with van der Waals surface area (Å²) in [6.07, 6.45) is 3.73. The number of rotatable bonds is 6. The van der Waals surface area contributed by atoms with Crippen LogP contribution in [0.1, 0.15) is 42.7 Å². The fraction of sp³-hybridized carbons (Fsp3) is 0.370. The van der Waals surface area contributed by atoms with Crippen LogP contribution in [-0.4, -0.2) is 43.1 Å². The summed E-state index contributed by atoms with van der Waals surface area (Å²) in [6, 6.07) is 13.6. The summed E-state index contributed by atoms with van der Waals surface area (Å²) in [7, 11) is 1.85. The van der Waals surface area contributed by atoms with E-state index < -0.39 is 11.6 Å². The molecule has 5 rings (SSSR count). The normalized spacial score (nSPS) is 23.5. The lowest BCUT2D eigenvalue weighted by molar-refractivity contribution is -0.132. The Morgan fingerprint density at radius 3 is 2.62 bits per heavy atom. The molecule has 1 heterocycles. The van der Waals surface area contributed by atoms with Gasteiger partial charge in [0, 0.05) is 31.5 Å². The first-order valence-corrected chi connectivity index (χ1v) is 11.7. The maximum atomic E-state index is 14.1. The molecule has 5 nitrogen and oxygen atoms in total. The van der Waals surface area contributed by atoms with Crippen LogP contribution < -0.4 is 5.32 Å². The number of halogens is 2. The number of likely N-dealkylation sites (N-methyl/N-ethyl adjacent to an activating group) is 1. The van der Waals surface area contributed by atoms with E-state index in [9.17, 15) is 18.4 Å². The van der Waals surface area contributed by atoms with Gasteiger partial charge in [-0.2, -0.15) is 0 Å². The number of nitrogens with zero attached hydrogens (tertiary/aromatic N) is 2. The van der Waals surface area contributed by atoms with Crippen LogP contribution in [0.15, 0.2) is 64.8 Å². The topological polar surface area (TPSA) is 61.8 Å². The summed E-state index contributed by atoms with van der Waals surface area (Å²) < 4.78 is 27.7. The van der Waals surface area contributed by atoms with E-state index in [1.54, 1.807) is 4.90 Å². The summed E-state index contributed by atoms with van der Waals surface area (Å²) in [4.78, 5) is 31.5. The van der Waals surface area contributed by atoms with E-state index in [4.69, 9.17) is 4.99 Å². The van der Waals surface area contributed by atoms with Gasteiger partial charge in [0.1, 0.15) is 23.8 Å². The van der Waals surface area contributed by atoms with Gasteiger partial charge in [0.15, 0.2) is 0 Å². The Bertz CT molecular complexity index is 1190. The predicted molar refractivity (Wildman–Crippen MR) is 125 cm³/mol.